The lowest BCUT2D eigenvalue weighted by molar-refractivity contribution is -0.256. The molecule has 0 amide bonds. The Labute approximate surface area is 288 Å². The number of rotatable bonds is 6. The predicted octanol–water partition coefficient (Wildman–Crippen LogP) is 4.94. The Bertz CT molecular complexity index is 1280. The SMILES string of the molecule is CC(=O)O[C@@H]([C@H]1C[C@@H](C)C2[C@H](O1)[C@H](O)[C@@]1(C)[C@@H]3CCC4C(C)(C)[C@@H](OC5CN(C6COC6)CCO5)CC[C@@]45C[C@@]35CC[C@]21C)C(C)(C)O. The lowest BCUT2D eigenvalue weighted by Gasteiger charge is -2.64. The van der Waals surface area contributed by atoms with Crippen LogP contribution < -0.4 is 0 Å². The van der Waals surface area contributed by atoms with E-state index < -0.39 is 29.9 Å². The molecule has 272 valence electrons. The third-order valence-electron chi connectivity index (χ3n) is 16.6. The molecule has 5 aliphatic carbocycles. The molecule has 0 aromatic rings. The van der Waals surface area contributed by atoms with Gasteiger partial charge in [-0.15, -0.1) is 0 Å². The highest BCUT2D eigenvalue weighted by Crippen LogP contribution is 2.89. The quantitative estimate of drug-likeness (QED) is 0.379. The van der Waals surface area contributed by atoms with Gasteiger partial charge in [0.15, 0.2) is 12.4 Å². The van der Waals surface area contributed by atoms with E-state index in [-0.39, 0.29) is 52.0 Å². The Kier molecular flexibility index (Phi) is 7.93. The van der Waals surface area contributed by atoms with Crippen molar-refractivity contribution in [2.75, 3.05) is 32.9 Å². The molecule has 3 aliphatic heterocycles. The molecule has 2 N–H and O–H groups in total. The van der Waals surface area contributed by atoms with Gasteiger partial charge in [0.2, 0.25) is 0 Å². The highest BCUT2D eigenvalue weighted by atomic mass is 16.7. The van der Waals surface area contributed by atoms with Crippen LogP contribution in [0.5, 0.6) is 0 Å². The molecule has 9 nitrogen and oxygen atoms in total. The maximum Gasteiger partial charge on any atom is 0.303 e. The standard InChI is InChI=1S/C39H63NO8/c1-22-17-25(33(35(5,6)43)46-23(2)41)47-31-30(22)36(7)13-14-39-21-38(39)12-11-28(48-29-18-40(15-16-45-29)24-19-44-20-24)34(3,4)26(38)9-10-27(39)37(36,8)32(31)42/h22,24-33,42-43H,9-21H2,1-8H3/t22-,25-,26?,27+,28+,29?,30?,31+,32+,33+,36-,37-,38-,39+/m1/s1. The van der Waals surface area contributed by atoms with Crippen LogP contribution in [-0.2, 0) is 28.5 Å². The molecule has 8 fully saturated rings. The number of fused-ring (bicyclic) bond motifs is 4. The Morgan fingerprint density at radius 3 is 2.40 bits per heavy atom. The zero-order valence-corrected chi connectivity index (χ0v) is 30.8. The van der Waals surface area contributed by atoms with E-state index in [9.17, 15) is 15.0 Å². The van der Waals surface area contributed by atoms with Crippen molar-refractivity contribution in [1.82, 2.24) is 4.90 Å². The van der Waals surface area contributed by atoms with Crippen LogP contribution in [0, 0.1) is 50.7 Å². The van der Waals surface area contributed by atoms with Gasteiger partial charge in [0.05, 0.1) is 62.4 Å². The maximum absolute atomic E-state index is 12.6. The second kappa shape index (κ2) is 11.1. The van der Waals surface area contributed by atoms with Crippen molar-refractivity contribution in [2.45, 2.75) is 155 Å². The minimum atomic E-state index is -1.25. The van der Waals surface area contributed by atoms with Crippen molar-refractivity contribution in [3.8, 4) is 0 Å². The van der Waals surface area contributed by atoms with Crippen LogP contribution in [-0.4, -0.2) is 102 Å². The molecule has 0 bridgehead atoms. The van der Waals surface area contributed by atoms with Gasteiger partial charge in [-0.1, -0.05) is 34.6 Å². The van der Waals surface area contributed by atoms with Crippen LogP contribution in [0.3, 0.4) is 0 Å². The molecule has 14 atom stereocenters. The van der Waals surface area contributed by atoms with Crippen molar-refractivity contribution in [1.29, 1.82) is 0 Å². The van der Waals surface area contributed by atoms with Crippen molar-refractivity contribution in [2.24, 2.45) is 50.7 Å². The number of hydrogen-bond donors (Lipinski definition) is 2. The molecular weight excluding hydrogens is 610 g/mol. The van der Waals surface area contributed by atoms with Gasteiger partial charge >= 0.3 is 5.97 Å². The molecule has 3 saturated heterocycles. The first kappa shape index (κ1) is 34.3. The Morgan fingerprint density at radius 2 is 1.73 bits per heavy atom. The van der Waals surface area contributed by atoms with Gasteiger partial charge in [-0.25, -0.2) is 0 Å². The largest absolute Gasteiger partial charge is 0.457 e. The van der Waals surface area contributed by atoms with Crippen molar-refractivity contribution < 1.29 is 38.7 Å². The highest BCUT2D eigenvalue weighted by molar-refractivity contribution is 5.66. The van der Waals surface area contributed by atoms with Crippen molar-refractivity contribution in [3.63, 3.8) is 0 Å². The smallest absolute Gasteiger partial charge is 0.303 e. The average Bonchev–Trinajstić information content (AvgIpc) is 3.61. The summed E-state index contributed by atoms with van der Waals surface area (Å²) < 4.78 is 31.1. The first-order valence-electron chi connectivity index (χ1n) is 19.3. The number of nitrogens with zero attached hydrogens (tertiary/aromatic N) is 1. The molecule has 8 rings (SSSR count). The van der Waals surface area contributed by atoms with E-state index in [0.29, 0.717) is 29.7 Å². The van der Waals surface area contributed by atoms with Crippen molar-refractivity contribution >= 4 is 5.97 Å². The number of morpholine rings is 1. The average molecular weight is 674 g/mol. The Hall–Kier alpha value is -0.810. The molecule has 5 saturated carbocycles. The summed E-state index contributed by atoms with van der Waals surface area (Å²) in [5, 5.41) is 23.6. The Morgan fingerprint density at radius 1 is 1.02 bits per heavy atom. The lowest BCUT2D eigenvalue weighted by atomic mass is 9.41. The number of hydrogen-bond acceptors (Lipinski definition) is 9. The molecule has 8 aliphatic rings. The summed E-state index contributed by atoms with van der Waals surface area (Å²) in [7, 11) is 0. The molecule has 2 spiro atoms. The van der Waals surface area contributed by atoms with Crippen LogP contribution in [0.1, 0.15) is 107 Å². The van der Waals surface area contributed by atoms with E-state index in [1.165, 1.54) is 32.6 Å². The fourth-order valence-electron chi connectivity index (χ4n) is 14.3. The normalized spacial score (nSPS) is 52.1. The summed E-state index contributed by atoms with van der Waals surface area (Å²) in [6.45, 7) is 21.0. The van der Waals surface area contributed by atoms with E-state index in [2.05, 4.69) is 39.5 Å². The third-order valence-corrected chi connectivity index (χ3v) is 16.6. The highest BCUT2D eigenvalue weighted by Gasteiger charge is 2.84. The fraction of sp³-hybridized carbons (Fsp3) is 0.974. The van der Waals surface area contributed by atoms with Gasteiger partial charge in [0, 0.05) is 18.9 Å². The first-order chi connectivity index (χ1) is 22.5. The van der Waals surface area contributed by atoms with E-state index >= 15 is 0 Å². The van der Waals surface area contributed by atoms with Crippen LogP contribution in [0.15, 0.2) is 0 Å². The number of carbonyl (C=O) groups excluding carboxylic acids is 1. The summed E-state index contributed by atoms with van der Waals surface area (Å²) in [6, 6.07) is 0.508. The summed E-state index contributed by atoms with van der Waals surface area (Å²) >= 11 is 0. The van der Waals surface area contributed by atoms with Gasteiger partial charge in [0.25, 0.3) is 0 Å². The lowest BCUT2D eigenvalue weighted by Crippen LogP contribution is -2.60. The molecule has 0 aromatic carbocycles. The van der Waals surface area contributed by atoms with E-state index in [4.69, 9.17) is 23.7 Å². The maximum atomic E-state index is 12.6. The number of aliphatic hydroxyl groups is 2. The molecule has 3 unspecified atom stereocenters. The zero-order chi connectivity index (χ0) is 34.2. The first-order valence-corrected chi connectivity index (χ1v) is 19.3. The summed E-state index contributed by atoms with van der Waals surface area (Å²) in [4.78, 5) is 14.6. The van der Waals surface area contributed by atoms with Gasteiger partial charge in [0.1, 0.15) is 0 Å². The Balaban J connectivity index is 1.03. The van der Waals surface area contributed by atoms with Gasteiger partial charge in [-0.3, -0.25) is 9.69 Å². The minimum absolute atomic E-state index is 0.0504. The van der Waals surface area contributed by atoms with Crippen molar-refractivity contribution in [3.05, 3.63) is 0 Å². The molecule has 9 heteroatoms. The molecular formula is C39H63NO8. The molecule has 0 aromatic heterocycles. The zero-order valence-electron chi connectivity index (χ0n) is 30.8. The fourth-order valence-corrected chi connectivity index (χ4v) is 14.3. The monoisotopic (exact) mass is 673 g/mol. The number of esters is 1. The predicted molar refractivity (Wildman–Crippen MR) is 179 cm³/mol. The van der Waals surface area contributed by atoms with Crippen LogP contribution in [0.25, 0.3) is 0 Å². The van der Waals surface area contributed by atoms with Gasteiger partial charge in [-0.2, -0.15) is 0 Å². The number of carbonyl (C=O) groups is 1. The summed E-state index contributed by atoms with van der Waals surface area (Å²) in [5.74, 6) is 1.12. The minimum Gasteiger partial charge on any atom is -0.457 e. The summed E-state index contributed by atoms with van der Waals surface area (Å²) in [6.07, 6.45) is 6.76. The molecule has 48 heavy (non-hydrogen) atoms. The molecule has 0 radical (unpaired) electrons. The van der Waals surface area contributed by atoms with E-state index in [1.807, 2.05) is 0 Å². The summed E-state index contributed by atoms with van der Waals surface area (Å²) in [5.41, 5.74) is -0.943. The van der Waals surface area contributed by atoms with Crippen LogP contribution in [0.2, 0.25) is 0 Å². The van der Waals surface area contributed by atoms with E-state index in [0.717, 1.165) is 52.2 Å². The second-order valence-electron chi connectivity index (χ2n) is 19.3. The van der Waals surface area contributed by atoms with Gasteiger partial charge in [-0.05, 0) is 111 Å². The van der Waals surface area contributed by atoms with Crippen LogP contribution in [0.4, 0.5) is 0 Å². The van der Waals surface area contributed by atoms with E-state index in [1.54, 1.807) is 13.8 Å². The number of aliphatic hydroxyl groups excluding tert-OH is 1. The van der Waals surface area contributed by atoms with Crippen LogP contribution >= 0.6 is 0 Å². The third kappa shape index (κ3) is 4.55. The number of ether oxygens (including phenoxy) is 5. The second-order valence-corrected chi connectivity index (χ2v) is 19.3. The van der Waals surface area contributed by atoms with Gasteiger partial charge < -0.3 is 33.9 Å². The topological polar surface area (TPSA) is 107 Å². The molecule has 3 heterocycles.